The number of benzene rings is 1. The minimum absolute atomic E-state index is 0.0179. The molecule has 2 aliphatic rings. The quantitative estimate of drug-likeness (QED) is 0.884. The van der Waals surface area contributed by atoms with Gasteiger partial charge in [0.2, 0.25) is 0 Å². The number of nitrogens with one attached hydrogen (secondary N) is 1. The van der Waals surface area contributed by atoms with Crippen molar-refractivity contribution in [3.8, 4) is 5.75 Å². The predicted octanol–water partition coefficient (Wildman–Crippen LogP) is 2.63. The number of ether oxygens (including phenoxy) is 2. The lowest BCUT2D eigenvalue weighted by Crippen LogP contribution is -2.52. The van der Waals surface area contributed by atoms with Crippen molar-refractivity contribution in [1.82, 2.24) is 9.88 Å². The van der Waals surface area contributed by atoms with Crippen molar-refractivity contribution >= 4 is 16.8 Å². The van der Waals surface area contributed by atoms with Gasteiger partial charge in [0.25, 0.3) is 5.91 Å². The molecule has 6 heteroatoms. The summed E-state index contributed by atoms with van der Waals surface area (Å²) in [6.07, 6.45) is 2.55. The zero-order valence-electron chi connectivity index (χ0n) is 15.5. The van der Waals surface area contributed by atoms with Gasteiger partial charge in [-0.2, -0.15) is 0 Å². The number of carbonyl (C=O) groups is 1. The van der Waals surface area contributed by atoms with E-state index < -0.39 is 0 Å². The molecule has 1 aliphatic carbocycles. The molecule has 4 rings (SSSR count). The number of likely N-dealkylation sites (tertiary alicyclic amines) is 1. The lowest BCUT2D eigenvalue weighted by atomic mass is 9.79. The second kappa shape index (κ2) is 6.28. The number of H-pyrrole nitrogens is 1. The molecular formula is C20H26N2O4. The molecule has 2 heterocycles. The number of rotatable bonds is 3. The fourth-order valence-corrected chi connectivity index (χ4v) is 4.71. The largest absolute Gasteiger partial charge is 0.497 e. The van der Waals surface area contributed by atoms with Crippen LogP contribution in [-0.4, -0.2) is 59.4 Å². The fourth-order valence-electron chi connectivity index (χ4n) is 4.71. The molecule has 2 aromatic rings. The summed E-state index contributed by atoms with van der Waals surface area (Å²) in [5.41, 5.74) is 2.14. The van der Waals surface area contributed by atoms with E-state index in [4.69, 9.17) is 9.47 Å². The number of fused-ring (bicyclic) bond motifs is 2. The highest BCUT2D eigenvalue weighted by molar-refractivity contribution is 6.01. The summed E-state index contributed by atoms with van der Waals surface area (Å²) in [5, 5.41) is 11.1. The van der Waals surface area contributed by atoms with Gasteiger partial charge in [-0.05, 0) is 56.4 Å². The van der Waals surface area contributed by atoms with Gasteiger partial charge in [0.1, 0.15) is 11.4 Å². The molecule has 2 fully saturated rings. The summed E-state index contributed by atoms with van der Waals surface area (Å²) < 4.78 is 11.2. The number of hydrogen-bond donors (Lipinski definition) is 2. The van der Waals surface area contributed by atoms with Crippen molar-refractivity contribution in [3.63, 3.8) is 0 Å². The van der Waals surface area contributed by atoms with Gasteiger partial charge in [0, 0.05) is 24.6 Å². The van der Waals surface area contributed by atoms with E-state index in [1.807, 2.05) is 30.0 Å². The van der Waals surface area contributed by atoms with Crippen LogP contribution in [-0.2, 0) is 4.74 Å². The molecule has 1 amide bonds. The summed E-state index contributed by atoms with van der Waals surface area (Å²) in [6.45, 7) is 2.61. The molecular weight excluding hydrogens is 332 g/mol. The molecule has 0 radical (unpaired) electrons. The van der Waals surface area contributed by atoms with Crippen LogP contribution < -0.4 is 4.74 Å². The fraction of sp³-hybridized carbons (Fsp3) is 0.550. The van der Waals surface area contributed by atoms with Crippen LogP contribution in [0.1, 0.15) is 41.7 Å². The maximum atomic E-state index is 13.3. The van der Waals surface area contributed by atoms with Crippen LogP contribution in [0.4, 0.5) is 0 Å². The molecule has 2 N–H and O–H groups in total. The lowest BCUT2D eigenvalue weighted by molar-refractivity contribution is -0.0824. The Hall–Kier alpha value is -2.05. The molecule has 1 saturated carbocycles. The van der Waals surface area contributed by atoms with Gasteiger partial charge in [0.05, 0.1) is 24.9 Å². The topological polar surface area (TPSA) is 74.8 Å². The summed E-state index contributed by atoms with van der Waals surface area (Å²) in [4.78, 5) is 18.5. The Balaban J connectivity index is 1.69. The van der Waals surface area contributed by atoms with Crippen molar-refractivity contribution in [3.05, 3.63) is 29.5 Å². The third-order valence-electron chi connectivity index (χ3n) is 6.30. The number of hydrogen-bond acceptors (Lipinski definition) is 4. The molecule has 1 aliphatic heterocycles. The first kappa shape index (κ1) is 17.4. The van der Waals surface area contributed by atoms with Crippen LogP contribution in [0.5, 0.6) is 5.75 Å². The number of aromatic nitrogens is 1. The Labute approximate surface area is 153 Å². The third kappa shape index (κ3) is 2.51. The van der Waals surface area contributed by atoms with Gasteiger partial charge in [-0.1, -0.05) is 0 Å². The summed E-state index contributed by atoms with van der Waals surface area (Å²) in [5.74, 6) is 0.754. The van der Waals surface area contributed by atoms with Crippen molar-refractivity contribution in [2.45, 2.75) is 50.4 Å². The SMILES string of the molecule is COc1ccc2[nH]c(C(=O)N3CC[C@]4(OC)CC[C@@H](O)C[C@H]34)c(C)c2c1. The number of aliphatic hydroxyl groups is 1. The monoisotopic (exact) mass is 358 g/mol. The van der Waals surface area contributed by atoms with Crippen LogP contribution in [0.25, 0.3) is 10.9 Å². The van der Waals surface area contributed by atoms with Gasteiger partial charge < -0.3 is 24.5 Å². The number of aryl methyl sites for hydroxylation is 1. The number of carbonyl (C=O) groups excluding carboxylic acids is 1. The Morgan fingerprint density at radius 3 is 2.88 bits per heavy atom. The molecule has 1 saturated heterocycles. The van der Waals surface area contributed by atoms with E-state index in [2.05, 4.69) is 4.98 Å². The molecule has 3 atom stereocenters. The normalized spacial score (nSPS) is 28.4. The zero-order chi connectivity index (χ0) is 18.5. The van der Waals surface area contributed by atoms with E-state index in [9.17, 15) is 9.90 Å². The standard InChI is InChI=1S/C20H26N2O4/c1-12-15-11-14(25-2)4-5-16(15)21-18(12)19(24)22-9-8-20(26-3)7-6-13(23)10-17(20)22/h4-5,11,13,17,21,23H,6-10H2,1-3H3/t13-,17+,20-/m1/s1. The van der Waals surface area contributed by atoms with Crippen LogP contribution in [0.3, 0.4) is 0 Å². The predicted molar refractivity (Wildman–Crippen MR) is 98.6 cm³/mol. The van der Waals surface area contributed by atoms with Crippen molar-refractivity contribution < 1.29 is 19.4 Å². The van der Waals surface area contributed by atoms with Crippen LogP contribution in [0.15, 0.2) is 18.2 Å². The first-order valence-electron chi connectivity index (χ1n) is 9.19. The van der Waals surface area contributed by atoms with Crippen molar-refractivity contribution in [2.24, 2.45) is 0 Å². The van der Waals surface area contributed by atoms with E-state index in [0.717, 1.165) is 41.5 Å². The Bertz CT molecular complexity index is 846. The highest BCUT2D eigenvalue weighted by Gasteiger charge is 2.52. The lowest BCUT2D eigenvalue weighted by Gasteiger charge is -2.42. The molecule has 140 valence electrons. The van der Waals surface area contributed by atoms with Crippen LogP contribution >= 0.6 is 0 Å². The smallest absolute Gasteiger partial charge is 0.270 e. The average molecular weight is 358 g/mol. The van der Waals surface area contributed by atoms with Crippen LogP contribution in [0, 0.1) is 6.92 Å². The molecule has 0 spiro atoms. The first-order valence-corrected chi connectivity index (χ1v) is 9.19. The van der Waals surface area contributed by atoms with Gasteiger partial charge in [0.15, 0.2) is 0 Å². The number of amides is 1. The summed E-state index contributed by atoms with van der Waals surface area (Å²) in [7, 11) is 3.36. The number of aromatic amines is 1. The third-order valence-corrected chi connectivity index (χ3v) is 6.30. The molecule has 0 unspecified atom stereocenters. The van der Waals surface area contributed by atoms with Crippen molar-refractivity contribution in [2.75, 3.05) is 20.8 Å². The van der Waals surface area contributed by atoms with E-state index >= 15 is 0 Å². The van der Waals surface area contributed by atoms with E-state index in [1.165, 1.54) is 0 Å². The minimum atomic E-state index is -0.371. The molecule has 26 heavy (non-hydrogen) atoms. The molecule has 1 aromatic heterocycles. The Kier molecular flexibility index (Phi) is 4.20. The number of aliphatic hydroxyl groups excluding tert-OH is 1. The van der Waals surface area contributed by atoms with Gasteiger partial charge in [-0.15, -0.1) is 0 Å². The van der Waals surface area contributed by atoms with Crippen molar-refractivity contribution in [1.29, 1.82) is 0 Å². The maximum Gasteiger partial charge on any atom is 0.270 e. The second-order valence-corrected chi connectivity index (χ2v) is 7.50. The van der Waals surface area contributed by atoms with Gasteiger partial charge in [-0.3, -0.25) is 4.79 Å². The number of methoxy groups -OCH3 is 2. The Morgan fingerprint density at radius 1 is 1.35 bits per heavy atom. The van der Waals surface area contributed by atoms with E-state index in [-0.39, 0.29) is 23.7 Å². The van der Waals surface area contributed by atoms with Gasteiger partial charge >= 0.3 is 0 Å². The number of nitrogens with zero attached hydrogens (tertiary/aromatic N) is 1. The molecule has 0 bridgehead atoms. The summed E-state index contributed by atoms with van der Waals surface area (Å²) >= 11 is 0. The average Bonchev–Trinajstić information content (AvgIpc) is 3.19. The highest BCUT2D eigenvalue weighted by Crippen LogP contribution is 2.43. The molecule has 6 nitrogen and oxygen atoms in total. The van der Waals surface area contributed by atoms with E-state index in [1.54, 1.807) is 14.2 Å². The maximum absolute atomic E-state index is 13.3. The zero-order valence-corrected chi connectivity index (χ0v) is 15.5. The first-order chi connectivity index (χ1) is 12.5. The summed E-state index contributed by atoms with van der Waals surface area (Å²) in [6, 6.07) is 5.69. The minimum Gasteiger partial charge on any atom is -0.497 e. The van der Waals surface area contributed by atoms with Crippen LogP contribution in [0.2, 0.25) is 0 Å². The van der Waals surface area contributed by atoms with Gasteiger partial charge in [-0.25, -0.2) is 0 Å². The van der Waals surface area contributed by atoms with E-state index in [0.29, 0.717) is 18.7 Å². The Morgan fingerprint density at radius 2 is 2.15 bits per heavy atom. The molecule has 1 aromatic carbocycles. The second-order valence-electron chi connectivity index (χ2n) is 7.50. The highest BCUT2D eigenvalue weighted by atomic mass is 16.5.